The predicted octanol–water partition coefficient (Wildman–Crippen LogP) is 3.50. The van der Waals surface area contributed by atoms with Crippen molar-refractivity contribution in [3.05, 3.63) is 66.2 Å². The third kappa shape index (κ3) is 4.36. The monoisotopic (exact) mass is 363 g/mol. The number of phenols is 1. The second kappa shape index (κ2) is 8.23. The lowest BCUT2D eigenvalue weighted by molar-refractivity contribution is -0.121. The SMILES string of the molecule is COc1cccc(/C=N\NC(=O)[C@H](C)Nc2ccc3ccccc3c2)c1O. The van der Waals surface area contributed by atoms with E-state index in [1.807, 2.05) is 42.5 Å². The summed E-state index contributed by atoms with van der Waals surface area (Å²) in [4.78, 5) is 12.2. The average molecular weight is 363 g/mol. The van der Waals surface area contributed by atoms with Crippen molar-refractivity contribution < 1.29 is 14.6 Å². The third-order valence-corrected chi connectivity index (χ3v) is 4.15. The van der Waals surface area contributed by atoms with Gasteiger partial charge >= 0.3 is 0 Å². The molecule has 138 valence electrons. The van der Waals surface area contributed by atoms with Crippen LogP contribution >= 0.6 is 0 Å². The van der Waals surface area contributed by atoms with Crippen LogP contribution in [0.1, 0.15) is 12.5 Å². The summed E-state index contributed by atoms with van der Waals surface area (Å²) in [5.74, 6) is 0.0266. The van der Waals surface area contributed by atoms with Gasteiger partial charge in [0.15, 0.2) is 11.5 Å². The Balaban J connectivity index is 1.62. The molecule has 3 N–H and O–H groups in total. The minimum absolute atomic E-state index is 0.0275. The van der Waals surface area contributed by atoms with Crippen LogP contribution in [0.25, 0.3) is 10.8 Å². The molecule has 0 saturated heterocycles. The molecule has 0 aliphatic carbocycles. The van der Waals surface area contributed by atoms with E-state index < -0.39 is 6.04 Å². The Kier molecular flexibility index (Phi) is 5.56. The molecule has 27 heavy (non-hydrogen) atoms. The molecule has 0 fully saturated rings. The van der Waals surface area contributed by atoms with Gasteiger partial charge in [0.25, 0.3) is 5.91 Å². The highest BCUT2D eigenvalue weighted by molar-refractivity contribution is 5.89. The number of rotatable bonds is 6. The molecule has 0 aliphatic heterocycles. The molecule has 6 nitrogen and oxygen atoms in total. The highest BCUT2D eigenvalue weighted by Gasteiger charge is 2.12. The summed E-state index contributed by atoms with van der Waals surface area (Å²) in [6, 6.07) is 18.5. The van der Waals surface area contributed by atoms with E-state index in [0.717, 1.165) is 16.5 Å². The van der Waals surface area contributed by atoms with E-state index in [0.29, 0.717) is 11.3 Å². The molecule has 1 amide bonds. The van der Waals surface area contributed by atoms with Crippen molar-refractivity contribution in [2.45, 2.75) is 13.0 Å². The van der Waals surface area contributed by atoms with Gasteiger partial charge in [0.05, 0.1) is 13.3 Å². The Bertz CT molecular complexity index is 985. The number of fused-ring (bicyclic) bond motifs is 1. The lowest BCUT2D eigenvalue weighted by Gasteiger charge is -2.14. The number of aromatic hydroxyl groups is 1. The van der Waals surface area contributed by atoms with E-state index in [9.17, 15) is 9.90 Å². The van der Waals surface area contributed by atoms with Gasteiger partial charge in [-0.15, -0.1) is 0 Å². The molecule has 3 aromatic carbocycles. The number of hydrazone groups is 1. The fourth-order valence-corrected chi connectivity index (χ4v) is 2.67. The summed E-state index contributed by atoms with van der Waals surface area (Å²) < 4.78 is 5.04. The second-order valence-corrected chi connectivity index (χ2v) is 6.06. The summed E-state index contributed by atoms with van der Waals surface area (Å²) in [5, 5.41) is 19.3. The smallest absolute Gasteiger partial charge is 0.262 e. The maximum Gasteiger partial charge on any atom is 0.262 e. The molecule has 0 aliphatic rings. The number of nitrogens with one attached hydrogen (secondary N) is 2. The molecule has 6 heteroatoms. The van der Waals surface area contributed by atoms with Crippen LogP contribution in [-0.2, 0) is 4.79 Å². The zero-order chi connectivity index (χ0) is 19.2. The van der Waals surface area contributed by atoms with Crippen molar-refractivity contribution in [1.82, 2.24) is 5.43 Å². The van der Waals surface area contributed by atoms with Crippen molar-refractivity contribution >= 4 is 28.6 Å². The summed E-state index contributed by atoms with van der Waals surface area (Å²) in [6.45, 7) is 1.75. The fourth-order valence-electron chi connectivity index (χ4n) is 2.67. The van der Waals surface area contributed by atoms with Gasteiger partial charge in [0.1, 0.15) is 6.04 Å². The molecule has 3 rings (SSSR count). The molecule has 0 saturated carbocycles. The first kappa shape index (κ1) is 18.3. The van der Waals surface area contributed by atoms with Gasteiger partial charge in [-0.3, -0.25) is 4.79 Å². The van der Waals surface area contributed by atoms with Crippen LogP contribution < -0.4 is 15.5 Å². The van der Waals surface area contributed by atoms with Crippen LogP contribution in [0, 0.1) is 0 Å². The van der Waals surface area contributed by atoms with Gasteiger partial charge in [0.2, 0.25) is 0 Å². The summed E-state index contributed by atoms with van der Waals surface area (Å²) in [5.41, 5.74) is 3.77. The molecular formula is C21H21N3O3. The lowest BCUT2D eigenvalue weighted by Crippen LogP contribution is -2.34. The topological polar surface area (TPSA) is 83.0 Å². The number of carbonyl (C=O) groups excluding carboxylic acids is 1. The lowest BCUT2D eigenvalue weighted by atomic mass is 10.1. The Labute approximate surface area is 157 Å². The van der Waals surface area contributed by atoms with E-state index in [-0.39, 0.29) is 11.7 Å². The number of nitrogens with zero attached hydrogens (tertiary/aromatic N) is 1. The van der Waals surface area contributed by atoms with E-state index in [1.54, 1.807) is 25.1 Å². The molecular weight excluding hydrogens is 342 g/mol. The normalized spacial score (nSPS) is 12.1. The maximum absolute atomic E-state index is 12.2. The Hall–Kier alpha value is -3.54. The van der Waals surface area contributed by atoms with Crippen LogP contribution in [-0.4, -0.2) is 30.4 Å². The van der Waals surface area contributed by atoms with Crippen LogP contribution in [0.4, 0.5) is 5.69 Å². The summed E-state index contributed by atoms with van der Waals surface area (Å²) in [6.07, 6.45) is 1.37. The van der Waals surface area contributed by atoms with Crippen LogP contribution in [0.5, 0.6) is 11.5 Å². The number of hydrogen-bond donors (Lipinski definition) is 3. The molecule has 1 atom stereocenters. The number of hydrogen-bond acceptors (Lipinski definition) is 5. The van der Waals surface area contributed by atoms with Gasteiger partial charge < -0.3 is 15.2 Å². The zero-order valence-corrected chi connectivity index (χ0v) is 15.1. The summed E-state index contributed by atoms with van der Waals surface area (Å²) in [7, 11) is 1.47. The molecule has 0 bridgehead atoms. The van der Waals surface area contributed by atoms with Gasteiger partial charge in [0, 0.05) is 11.3 Å². The van der Waals surface area contributed by atoms with Gasteiger partial charge in [-0.2, -0.15) is 5.10 Å². The predicted molar refractivity (Wildman–Crippen MR) is 107 cm³/mol. The van der Waals surface area contributed by atoms with Crippen LogP contribution in [0.15, 0.2) is 65.8 Å². The van der Waals surface area contributed by atoms with Gasteiger partial charge in [-0.05, 0) is 42.0 Å². The molecule has 0 radical (unpaired) electrons. The summed E-state index contributed by atoms with van der Waals surface area (Å²) >= 11 is 0. The van der Waals surface area contributed by atoms with E-state index >= 15 is 0 Å². The number of methoxy groups -OCH3 is 1. The van der Waals surface area contributed by atoms with Crippen LogP contribution in [0.3, 0.4) is 0 Å². The molecule has 0 unspecified atom stereocenters. The maximum atomic E-state index is 12.2. The van der Waals surface area contributed by atoms with E-state index in [2.05, 4.69) is 15.8 Å². The number of amides is 1. The number of benzene rings is 3. The minimum Gasteiger partial charge on any atom is -0.504 e. The number of para-hydroxylation sites is 1. The zero-order valence-electron chi connectivity index (χ0n) is 15.1. The standard InChI is InChI=1S/C21H21N3O3/c1-14(23-18-11-10-15-6-3-4-7-16(15)12-18)21(26)24-22-13-17-8-5-9-19(27-2)20(17)25/h3-14,23,25H,1-2H3,(H,24,26)/b22-13-/t14-/m0/s1. The van der Waals surface area contributed by atoms with E-state index in [4.69, 9.17) is 4.74 Å². The number of phenolic OH excluding ortho intramolecular Hbond substituents is 1. The highest BCUT2D eigenvalue weighted by atomic mass is 16.5. The van der Waals surface area contributed by atoms with Gasteiger partial charge in [-0.25, -0.2) is 5.43 Å². The third-order valence-electron chi connectivity index (χ3n) is 4.15. The van der Waals surface area contributed by atoms with Crippen molar-refractivity contribution in [1.29, 1.82) is 0 Å². The minimum atomic E-state index is -0.484. The van der Waals surface area contributed by atoms with Crippen LogP contribution in [0.2, 0.25) is 0 Å². The number of ether oxygens (including phenoxy) is 1. The molecule has 3 aromatic rings. The quantitative estimate of drug-likeness (QED) is 0.462. The van der Waals surface area contributed by atoms with Crippen molar-refractivity contribution in [3.63, 3.8) is 0 Å². The van der Waals surface area contributed by atoms with Crippen molar-refractivity contribution in [2.24, 2.45) is 5.10 Å². The second-order valence-electron chi connectivity index (χ2n) is 6.06. The Morgan fingerprint density at radius 2 is 1.89 bits per heavy atom. The average Bonchev–Trinajstić information content (AvgIpc) is 2.69. The first-order valence-electron chi connectivity index (χ1n) is 8.52. The van der Waals surface area contributed by atoms with Crippen molar-refractivity contribution in [2.75, 3.05) is 12.4 Å². The molecule has 0 aromatic heterocycles. The number of carbonyl (C=O) groups is 1. The van der Waals surface area contributed by atoms with Gasteiger partial charge in [-0.1, -0.05) is 36.4 Å². The molecule has 0 spiro atoms. The van der Waals surface area contributed by atoms with Crippen molar-refractivity contribution in [3.8, 4) is 11.5 Å². The first-order valence-corrected chi connectivity index (χ1v) is 8.52. The largest absolute Gasteiger partial charge is 0.504 e. The Morgan fingerprint density at radius 3 is 2.67 bits per heavy atom. The Morgan fingerprint density at radius 1 is 1.11 bits per heavy atom. The first-order chi connectivity index (χ1) is 13.1. The number of anilines is 1. The fraction of sp³-hybridized carbons (Fsp3) is 0.143. The highest BCUT2D eigenvalue weighted by Crippen LogP contribution is 2.27. The van der Waals surface area contributed by atoms with E-state index in [1.165, 1.54) is 13.3 Å². The molecule has 0 heterocycles.